The zero-order valence-electron chi connectivity index (χ0n) is 9.91. The van der Waals surface area contributed by atoms with Crippen molar-refractivity contribution < 1.29 is 14.6 Å². The first kappa shape index (κ1) is 12.1. The number of pyridine rings is 1. The number of nitrogens with zero attached hydrogens (tertiary/aromatic N) is 1. The molecule has 1 atom stereocenters. The first-order chi connectivity index (χ1) is 8.66. The van der Waals surface area contributed by atoms with E-state index < -0.39 is 12.1 Å². The second-order valence-electron chi connectivity index (χ2n) is 3.88. The maximum Gasteiger partial charge on any atom is 0.349 e. The van der Waals surface area contributed by atoms with Gasteiger partial charge >= 0.3 is 5.97 Å². The minimum Gasteiger partial charge on any atom is -0.478 e. The normalized spacial score (nSPS) is 11.8. The largest absolute Gasteiger partial charge is 0.478 e. The highest BCUT2D eigenvalue weighted by molar-refractivity contribution is 5.74. The van der Waals surface area contributed by atoms with Crippen molar-refractivity contribution >= 4 is 5.97 Å². The highest BCUT2D eigenvalue weighted by atomic mass is 16.5. The molecule has 2 aromatic rings. The van der Waals surface area contributed by atoms with Crippen LogP contribution in [0.4, 0.5) is 0 Å². The van der Waals surface area contributed by atoms with Gasteiger partial charge in [0.15, 0.2) is 0 Å². The Morgan fingerprint density at radius 1 is 1.28 bits per heavy atom. The van der Waals surface area contributed by atoms with E-state index in [0.29, 0.717) is 11.3 Å². The number of benzene rings is 1. The molecule has 92 valence electrons. The van der Waals surface area contributed by atoms with E-state index in [9.17, 15) is 9.90 Å². The van der Waals surface area contributed by atoms with E-state index in [-0.39, 0.29) is 0 Å². The average Bonchev–Trinajstić information content (AvgIpc) is 2.37. The van der Waals surface area contributed by atoms with Crippen LogP contribution >= 0.6 is 0 Å². The summed E-state index contributed by atoms with van der Waals surface area (Å²) in [6, 6.07) is 12.2. The molecule has 1 aromatic carbocycles. The maximum absolute atomic E-state index is 11.2. The van der Waals surface area contributed by atoms with E-state index >= 15 is 0 Å². The van der Waals surface area contributed by atoms with Crippen LogP contribution in [-0.4, -0.2) is 16.1 Å². The van der Waals surface area contributed by atoms with Crippen molar-refractivity contribution in [2.45, 2.75) is 13.0 Å². The van der Waals surface area contributed by atoms with Crippen molar-refractivity contribution in [3.8, 4) is 5.75 Å². The van der Waals surface area contributed by atoms with Crippen molar-refractivity contribution in [2.75, 3.05) is 0 Å². The lowest BCUT2D eigenvalue weighted by Crippen LogP contribution is -2.18. The van der Waals surface area contributed by atoms with E-state index in [2.05, 4.69) is 4.98 Å². The predicted octanol–water partition coefficient (Wildman–Crippen LogP) is 2.59. The Bertz CT molecular complexity index is 540. The van der Waals surface area contributed by atoms with Gasteiger partial charge in [0.25, 0.3) is 0 Å². The topological polar surface area (TPSA) is 59.4 Å². The third kappa shape index (κ3) is 2.85. The van der Waals surface area contributed by atoms with Crippen LogP contribution in [0, 0.1) is 6.92 Å². The monoisotopic (exact) mass is 243 g/mol. The summed E-state index contributed by atoms with van der Waals surface area (Å²) in [7, 11) is 0. The van der Waals surface area contributed by atoms with Crippen LogP contribution in [0.15, 0.2) is 48.7 Å². The van der Waals surface area contributed by atoms with Crippen LogP contribution in [0.25, 0.3) is 0 Å². The molecule has 2 rings (SSSR count). The average molecular weight is 243 g/mol. The summed E-state index contributed by atoms with van der Waals surface area (Å²) < 4.78 is 5.50. The molecular formula is C14H13NO3. The van der Waals surface area contributed by atoms with E-state index in [1.54, 1.807) is 42.6 Å². The molecule has 0 aliphatic carbocycles. The number of hydrogen-bond acceptors (Lipinski definition) is 3. The lowest BCUT2D eigenvalue weighted by molar-refractivity contribution is -0.145. The number of carboxylic acid groups (broad SMARTS) is 1. The Labute approximate surface area is 105 Å². The quantitative estimate of drug-likeness (QED) is 0.896. The predicted molar refractivity (Wildman–Crippen MR) is 66.4 cm³/mol. The molecule has 0 aliphatic heterocycles. The number of rotatable bonds is 4. The standard InChI is InChI=1S/C14H13NO3/c1-10-9-12(7-8-15-10)18-13(14(16)17)11-5-3-2-4-6-11/h2-9,13H,1H3,(H,16,17). The molecule has 0 radical (unpaired) electrons. The van der Waals surface area contributed by atoms with Crippen molar-refractivity contribution in [1.82, 2.24) is 4.98 Å². The van der Waals surface area contributed by atoms with Crippen LogP contribution in [0.3, 0.4) is 0 Å². The van der Waals surface area contributed by atoms with E-state index in [0.717, 1.165) is 5.69 Å². The molecule has 1 heterocycles. The summed E-state index contributed by atoms with van der Waals surface area (Å²) in [4.78, 5) is 15.3. The molecule has 4 nitrogen and oxygen atoms in total. The Morgan fingerprint density at radius 2 is 2.00 bits per heavy atom. The van der Waals surface area contributed by atoms with Gasteiger partial charge in [-0.25, -0.2) is 4.79 Å². The molecule has 18 heavy (non-hydrogen) atoms. The third-order valence-corrected chi connectivity index (χ3v) is 2.45. The molecule has 1 aromatic heterocycles. The lowest BCUT2D eigenvalue weighted by atomic mass is 10.1. The molecule has 0 spiro atoms. The fourth-order valence-electron chi connectivity index (χ4n) is 1.62. The molecule has 0 amide bonds. The van der Waals surface area contributed by atoms with E-state index in [1.807, 2.05) is 13.0 Å². The van der Waals surface area contributed by atoms with E-state index in [4.69, 9.17) is 4.74 Å². The third-order valence-electron chi connectivity index (χ3n) is 2.45. The van der Waals surface area contributed by atoms with Gasteiger partial charge in [-0.05, 0) is 13.0 Å². The number of aryl methyl sites for hydroxylation is 1. The SMILES string of the molecule is Cc1cc(OC(C(=O)O)c2ccccc2)ccn1. The number of aromatic nitrogens is 1. The summed E-state index contributed by atoms with van der Waals surface area (Å²) in [5.41, 5.74) is 1.39. The van der Waals surface area contributed by atoms with Gasteiger partial charge in [0, 0.05) is 23.5 Å². The minimum absolute atomic E-state index is 0.499. The van der Waals surface area contributed by atoms with Crippen molar-refractivity contribution in [3.05, 3.63) is 59.9 Å². The zero-order valence-corrected chi connectivity index (χ0v) is 9.91. The molecule has 0 saturated heterocycles. The van der Waals surface area contributed by atoms with Gasteiger partial charge in [-0.15, -0.1) is 0 Å². The van der Waals surface area contributed by atoms with Crippen LogP contribution in [-0.2, 0) is 4.79 Å². The Kier molecular flexibility index (Phi) is 3.57. The summed E-state index contributed by atoms with van der Waals surface area (Å²) in [6.07, 6.45) is 0.585. The Balaban J connectivity index is 2.25. The van der Waals surface area contributed by atoms with Crippen LogP contribution in [0.1, 0.15) is 17.4 Å². The van der Waals surface area contributed by atoms with Gasteiger partial charge in [0.1, 0.15) is 5.75 Å². The summed E-state index contributed by atoms with van der Waals surface area (Å²) in [5, 5.41) is 9.22. The van der Waals surface area contributed by atoms with Gasteiger partial charge in [0.2, 0.25) is 6.10 Å². The van der Waals surface area contributed by atoms with Crippen molar-refractivity contribution in [2.24, 2.45) is 0 Å². The Hall–Kier alpha value is -2.36. The number of aliphatic carboxylic acids is 1. The summed E-state index contributed by atoms with van der Waals surface area (Å²) in [6.45, 7) is 1.82. The molecule has 1 N–H and O–H groups in total. The van der Waals surface area contributed by atoms with Gasteiger partial charge in [-0.1, -0.05) is 30.3 Å². The number of carbonyl (C=O) groups is 1. The molecular weight excluding hydrogens is 230 g/mol. The molecule has 0 fully saturated rings. The highest BCUT2D eigenvalue weighted by Gasteiger charge is 2.21. The van der Waals surface area contributed by atoms with Crippen LogP contribution < -0.4 is 4.74 Å². The smallest absolute Gasteiger partial charge is 0.349 e. The number of hydrogen-bond donors (Lipinski definition) is 1. The first-order valence-corrected chi connectivity index (χ1v) is 5.54. The second-order valence-corrected chi connectivity index (χ2v) is 3.88. The van der Waals surface area contributed by atoms with E-state index in [1.165, 1.54) is 0 Å². The molecule has 1 unspecified atom stereocenters. The fourth-order valence-corrected chi connectivity index (χ4v) is 1.62. The minimum atomic E-state index is -1.02. The van der Waals surface area contributed by atoms with Crippen molar-refractivity contribution in [1.29, 1.82) is 0 Å². The van der Waals surface area contributed by atoms with Gasteiger partial charge < -0.3 is 9.84 Å². The molecule has 0 saturated carbocycles. The fraction of sp³-hybridized carbons (Fsp3) is 0.143. The Morgan fingerprint density at radius 3 is 2.61 bits per heavy atom. The second kappa shape index (κ2) is 5.31. The van der Waals surface area contributed by atoms with Crippen molar-refractivity contribution in [3.63, 3.8) is 0 Å². The van der Waals surface area contributed by atoms with Crippen LogP contribution in [0.5, 0.6) is 5.75 Å². The lowest BCUT2D eigenvalue weighted by Gasteiger charge is -2.15. The zero-order chi connectivity index (χ0) is 13.0. The van der Waals surface area contributed by atoms with Gasteiger partial charge in [0.05, 0.1) is 0 Å². The first-order valence-electron chi connectivity index (χ1n) is 5.54. The molecule has 0 bridgehead atoms. The molecule has 4 heteroatoms. The summed E-state index contributed by atoms with van der Waals surface area (Å²) >= 11 is 0. The number of ether oxygens (including phenoxy) is 1. The highest BCUT2D eigenvalue weighted by Crippen LogP contribution is 2.22. The summed E-state index contributed by atoms with van der Waals surface area (Å²) in [5.74, 6) is -0.519. The van der Waals surface area contributed by atoms with Gasteiger partial charge in [-0.3, -0.25) is 4.98 Å². The maximum atomic E-state index is 11.2. The van der Waals surface area contributed by atoms with Crippen LogP contribution in [0.2, 0.25) is 0 Å². The molecule has 0 aliphatic rings. The number of carboxylic acids is 1. The van der Waals surface area contributed by atoms with Gasteiger partial charge in [-0.2, -0.15) is 0 Å².